The van der Waals surface area contributed by atoms with Crippen molar-refractivity contribution in [3.63, 3.8) is 0 Å². The quantitative estimate of drug-likeness (QED) is 0.522. The summed E-state index contributed by atoms with van der Waals surface area (Å²) in [5.41, 5.74) is 3.46. The number of carbonyl (C=O) groups is 1. The van der Waals surface area contributed by atoms with E-state index < -0.39 is 0 Å². The number of benzene rings is 2. The summed E-state index contributed by atoms with van der Waals surface area (Å²) >= 11 is 0. The number of aromatic nitrogens is 2. The van der Waals surface area contributed by atoms with E-state index in [4.69, 9.17) is 4.74 Å². The Kier molecular flexibility index (Phi) is 5.74. The molecule has 2 heterocycles. The van der Waals surface area contributed by atoms with Gasteiger partial charge in [0.05, 0.1) is 12.6 Å². The van der Waals surface area contributed by atoms with Gasteiger partial charge < -0.3 is 14.7 Å². The number of aromatic amines is 1. The molecule has 4 rings (SSSR count). The van der Waals surface area contributed by atoms with Crippen LogP contribution >= 0.6 is 0 Å². The van der Waals surface area contributed by atoms with Crippen LogP contribution in [0.1, 0.15) is 60.8 Å². The van der Waals surface area contributed by atoms with Gasteiger partial charge in [-0.05, 0) is 43.2 Å². The number of phenols is 1. The predicted molar refractivity (Wildman–Crippen MR) is 116 cm³/mol. The van der Waals surface area contributed by atoms with Crippen molar-refractivity contribution in [1.29, 1.82) is 0 Å². The van der Waals surface area contributed by atoms with E-state index in [-0.39, 0.29) is 17.7 Å². The Bertz CT molecular complexity index is 1040. The molecule has 1 aliphatic rings. The van der Waals surface area contributed by atoms with Crippen LogP contribution in [-0.4, -0.2) is 39.3 Å². The van der Waals surface area contributed by atoms with Crippen molar-refractivity contribution in [2.24, 2.45) is 0 Å². The Morgan fingerprint density at radius 2 is 1.97 bits per heavy atom. The SMILES string of the molecule is CCCCCOc1cccc([C@H]2c3c(-c4ccccc4O)n[nH]c3C(=O)N2CC)c1. The summed E-state index contributed by atoms with van der Waals surface area (Å²) in [6.07, 6.45) is 3.31. The molecule has 0 saturated carbocycles. The number of aromatic hydroxyl groups is 1. The first-order valence-electron chi connectivity index (χ1n) is 10.6. The van der Waals surface area contributed by atoms with Gasteiger partial charge in [0.15, 0.2) is 0 Å². The first kappa shape index (κ1) is 20.0. The Morgan fingerprint density at radius 1 is 1.13 bits per heavy atom. The lowest BCUT2D eigenvalue weighted by atomic mass is 9.95. The van der Waals surface area contributed by atoms with E-state index in [1.54, 1.807) is 12.1 Å². The molecule has 0 bridgehead atoms. The van der Waals surface area contributed by atoms with Crippen LogP contribution in [0.5, 0.6) is 11.5 Å². The second-order valence-corrected chi connectivity index (χ2v) is 7.50. The molecule has 2 aromatic carbocycles. The van der Waals surface area contributed by atoms with Crippen molar-refractivity contribution in [1.82, 2.24) is 15.1 Å². The molecular weight excluding hydrogens is 378 g/mol. The van der Waals surface area contributed by atoms with E-state index in [0.717, 1.165) is 36.1 Å². The molecule has 1 atom stereocenters. The standard InChI is InChI=1S/C24H27N3O3/c1-3-5-8-14-30-17-11-9-10-16(15-17)23-20-21(18-12-6-7-13-19(18)28)25-26-22(20)24(29)27(23)4-2/h6-7,9-13,15,23,28H,3-5,8,14H2,1-2H3,(H,25,26)/t23-/m0/s1. The number of hydrogen-bond acceptors (Lipinski definition) is 4. The molecule has 6 heteroatoms. The Labute approximate surface area is 176 Å². The fourth-order valence-corrected chi connectivity index (χ4v) is 4.07. The topological polar surface area (TPSA) is 78.5 Å². The summed E-state index contributed by atoms with van der Waals surface area (Å²) in [6.45, 7) is 5.38. The first-order chi connectivity index (χ1) is 14.7. The number of para-hydroxylation sites is 1. The highest BCUT2D eigenvalue weighted by atomic mass is 16.5. The molecule has 0 aliphatic carbocycles. The molecule has 6 nitrogen and oxygen atoms in total. The number of H-pyrrole nitrogens is 1. The normalized spacial score (nSPS) is 15.5. The van der Waals surface area contributed by atoms with Crippen molar-refractivity contribution in [2.45, 2.75) is 39.2 Å². The van der Waals surface area contributed by atoms with Crippen molar-refractivity contribution < 1.29 is 14.6 Å². The number of carbonyl (C=O) groups excluding carboxylic acids is 1. The highest BCUT2D eigenvalue weighted by molar-refractivity contribution is 6.00. The van der Waals surface area contributed by atoms with E-state index in [1.807, 2.05) is 48.2 Å². The van der Waals surface area contributed by atoms with Crippen LogP contribution in [0.3, 0.4) is 0 Å². The van der Waals surface area contributed by atoms with E-state index in [1.165, 1.54) is 0 Å². The fourth-order valence-electron chi connectivity index (χ4n) is 4.07. The van der Waals surface area contributed by atoms with Gasteiger partial charge in [-0.1, -0.05) is 44.0 Å². The molecule has 0 radical (unpaired) electrons. The minimum Gasteiger partial charge on any atom is -0.507 e. The molecule has 156 valence electrons. The third-order valence-corrected chi connectivity index (χ3v) is 5.55. The first-order valence-corrected chi connectivity index (χ1v) is 10.6. The van der Waals surface area contributed by atoms with Crippen LogP contribution in [0.25, 0.3) is 11.3 Å². The molecule has 30 heavy (non-hydrogen) atoms. The number of ether oxygens (including phenoxy) is 1. The second-order valence-electron chi connectivity index (χ2n) is 7.50. The zero-order chi connectivity index (χ0) is 21.1. The largest absolute Gasteiger partial charge is 0.507 e. The van der Waals surface area contributed by atoms with Gasteiger partial charge in [-0.25, -0.2) is 0 Å². The monoisotopic (exact) mass is 405 g/mol. The zero-order valence-electron chi connectivity index (χ0n) is 17.4. The van der Waals surface area contributed by atoms with Gasteiger partial charge >= 0.3 is 0 Å². The number of amides is 1. The average Bonchev–Trinajstić information content (AvgIpc) is 3.30. The van der Waals surface area contributed by atoms with Crippen molar-refractivity contribution in [3.05, 3.63) is 65.4 Å². The number of phenolic OH excluding ortho intramolecular Hbond substituents is 1. The molecule has 0 fully saturated rings. The zero-order valence-corrected chi connectivity index (χ0v) is 17.4. The van der Waals surface area contributed by atoms with Crippen LogP contribution in [0.15, 0.2) is 48.5 Å². The maximum absolute atomic E-state index is 13.0. The lowest BCUT2D eigenvalue weighted by Crippen LogP contribution is -2.29. The number of nitrogens with zero attached hydrogens (tertiary/aromatic N) is 2. The van der Waals surface area contributed by atoms with E-state index in [9.17, 15) is 9.90 Å². The molecule has 0 unspecified atom stereocenters. The number of fused-ring (bicyclic) bond motifs is 1. The third-order valence-electron chi connectivity index (χ3n) is 5.55. The van der Waals surface area contributed by atoms with Gasteiger partial charge in [0.25, 0.3) is 5.91 Å². The van der Waals surface area contributed by atoms with Crippen LogP contribution < -0.4 is 4.74 Å². The molecule has 0 spiro atoms. The van der Waals surface area contributed by atoms with Gasteiger partial charge in [0.1, 0.15) is 22.9 Å². The lowest BCUT2D eigenvalue weighted by molar-refractivity contribution is 0.0753. The van der Waals surface area contributed by atoms with Gasteiger partial charge in [-0.3, -0.25) is 9.89 Å². The number of rotatable bonds is 8. The number of hydrogen-bond donors (Lipinski definition) is 2. The van der Waals surface area contributed by atoms with Crippen LogP contribution in [0, 0.1) is 0 Å². The number of unbranched alkanes of at least 4 members (excludes halogenated alkanes) is 2. The van der Waals surface area contributed by atoms with Crippen LogP contribution in [0.2, 0.25) is 0 Å². The minimum atomic E-state index is -0.287. The summed E-state index contributed by atoms with van der Waals surface area (Å²) in [5, 5.41) is 17.7. The van der Waals surface area contributed by atoms with E-state index in [2.05, 4.69) is 17.1 Å². The van der Waals surface area contributed by atoms with Gasteiger partial charge in [0.2, 0.25) is 0 Å². The van der Waals surface area contributed by atoms with E-state index >= 15 is 0 Å². The lowest BCUT2D eigenvalue weighted by Gasteiger charge is -2.25. The highest BCUT2D eigenvalue weighted by Crippen LogP contribution is 2.44. The van der Waals surface area contributed by atoms with Crippen LogP contribution in [-0.2, 0) is 0 Å². The summed E-state index contributed by atoms with van der Waals surface area (Å²) in [5.74, 6) is 0.857. The van der Waals surface area contributed by atoms with Gasteiger partial charge in [0, 0.05) is 17.7 Å². The predicted octanol–water partition coefficient (Wildman–Crippen LogP) is 4.92. The summed E-state index contributed by atoms with van der Waals surface area (Å²) in [6, 6.07) is 14.7. The maximum Gasteiger partial charge on any atom is 0.273 e. The summed E-state index contributed by atoms with van der Waals surface area (Å²) in [7, 11) is 0. The van der Waals surface area contributed by atoms with Gasteiger partial charge in [-0.15, -0.1) is 0 Å². The van der Waals surface area contributed by atoms with Crippen molar-refractivity contribution in [3.8, 4) is 22.8 Å². The second kappa shape index (κ2) is 8.61. The summed E-state index contributed by atoms with van der Waals surface area (Å²) in [4.78, 5) is 14.9. The molecule has 1 amide bonds. The average molecular weight is 405 g/mol. The summed E-state index contributed by atoms with van der Waals surface area (Å²) < 4.78 is 5.94. The van der Waals surface area contributed by atoms with Crippen molar-refractivity contribution in [2.75, 3.05) is 13.2 Å². The Morgan fingerprint density at radius 3 is 2.73 bits per heavy atom. The molecule has 1 aliphatic heterocycles. The van der Waals surface area contributed by atoms with Crippen molar-refractivity contribution >= 4 is 5.91 Å². The molecular formula is C24H27N3O3. The molecule has 0 saturated heterocycles. The Balaban J connectivity index is 1.74. The van der Waals surface area contributed by atoms with Gasteiger partial charge in [-0.2, -0.15) is 5.10 Å². The third kappa shape index (κ3) is 3.54. The smallest absolute Gasteiger partial charge is 0.273 e. The van der Waals surface area contributed by atoms with Crippen LogP contribution in [0.4, 0.5) is 0 Å². The molecule has 3 aromatic rings. The Hall–Kier alpha value is -3.28. The van der Waals surface area contributed by atoms with E-state index in [0.29, 0.717) is 30.1 Å². The fraction of sp³-hybridized carbons (Fsp3) is 0.333. The minimum absolute atomic E-state index is 0.0825. The number of nitrogens with one attached hydrogen (secondary N) is 1. The molecule has 1 aromatic heterocycles. The molecule has 2 N–H and O–H groups in total. The maximum atomic E-state index is 13.0. The highest BCUT2D eigenvalue weighted by Gasteiger charge is 2.41.